The zero-order valence-corrected chi connectivity index (χ0v) is 27.0. The van der Waals surface area contributed by atoms with Crippen LogP contribution in [0.1, 0.15) is 30.9 Å². The molecule has 244 valence electrons. The van der Waals surface area contributed by atoms with Gasteiger partial charge in [0.2, 0.25) is 29.4 Å². The van der Waals surface area contributed by atoms with Gasteiger partial charge in [0.1, 0.15) is 0 Å². The lowest BCUT2D eigenvalue weighted by atomic mass is 9.52. The summed E-state index contributed by atoms with van der Waals surface area (Å²) >= 11 is 0. The molecule has 9 nitrogen and oxygen atoms in total. The van der Waals surface area contributed by atoms with Crippen LogP contribution in [0.2, 0.25) is 0 Å². The highest BCUT2D eigenvalue weighted by atomic mass is 16.5. The minimum Gasteiger partial charge on any atom is -0.502 e. The number of nitrogens with zero attached hydrogens (tertiary/aromatic N) is 2. The van der Waals surface area contributed by atoms with Crippen LogP contribution in [0.4, 0.5) is 11.4 Å². The first-order valence-electron chi connectivity index (χ1n) is 16.0. The number of aromatic hydroxyl groups is 1. The monoisotopic (exact) mass is 644 g/mol. The van der Waals surface area contributed by atoms with Gasteiger partial charge < -0.3 is 14.6 Å². The topological polar surface area (TPSA) is 113 Å². The molecule has 0 spiro atoms. The van der Waals surface area contributed by atoms with E-state index in [-0.39, 0.29) is 47.3 Å². The largest absolute Gasteiger partial charge is 0.502 e. The fourth-order valence-corrected chi connectivity index (χ4v) is 8.27. The van der Waals surface area contributed by atoms with Gasteiger partial charge >= 0.3 is 0 Å². The molecule has 3 fully saturated rings. The molecule has 3 aromatic carbocycles. The molecule has 2 saturated heterocycles. The van der Waals surface area contributed by atoms with E-state index in [0.717, 1.165) is 11.1 Å². The van der Waals surface area contributed by atoms with Crippen LogP contribution in [0.15, 0.2) is 91.0 Å². The molecule has 3 aromatic rings. The lowest BCUT2D eigenvalue weighted by Crippen LogP contribution is -2.49. The number of rotatable bonds is 7. The van der Waals surface area contributed by atoms with Crippen molar-refractivity contribution in [2.24, 2.45) is 35.0 Å². The van der Waals surface area contributed by atoms with Gasteiger partial charge in [0.15, 0.2) is 11.5 Å². The van der Waals surface area contributed by atoms with E-state index in [0.29, 0.717) is 23.4 Å². The number of fused-ring (bicyclic) bond motifs is 4. The SMILES string of the molecule is C=Cc1ccc(N2C(=O)C3CC=C4C(CC5C(=O)N(c6ccccc6)C(=O)C5(C)C4C=Cc4cc(OC)c(O)c(OC)c4)C3C2=O)cc1. The molecule has 6 unspecified atom stereocenters. The minimum atomic E-state index is -1.16. The van der Waals surface area contributed by atoms with E-state index in [9.17, 15) is 24.3 Å². The van der Waals surface area contributed by atoms with E-state index in [4.69, 9.17) is 9.47 Å². The van der Waals surface area contributed by atoms with Crippen molar-refractivity contribution >= 4 is 47.2 Å². The molecule has 9 heteroatoms. The van der Waals surface area contributed by atoms with E-state index in [1.54, 1.807) is 54.6 Å². The maximum Gasteiger partial charge on any atom is 0.241 e. The van der Waals surface area contributed by atoms with Crippen molar-refractivity contribution < 1.29 is 33.8 Å². The fourth-order valence-electron chi connectivity index (χ4n) is 8.27. The summed E-state index contributed by atoms with van der Waals surface area (Å²) in [6.45, 7) is 5.62. The van der Waals surface area contributed by atoms with Crippen molar-refractivity contribution in [3.63, 3.8) is 0 Å². The molecule has 48 heavy (non-hydrogen) atoms. The summed E-state index contributed by atoms with van der Waals surface area (Å²) in [7, 11) is 2.89. The maximum absolute atomic E-state index is 14.5. The first kappa shape index (κ1) is 31.2. The number of amides is 4. The first-order valence-corrected chi connectivity index (χ1v) is 16.0. The van der Waals surface area contributed by atoms with Gasteiger partial charge in [-0.3, -0.25) is 24.1 Å². The molecule has 4 amide bonds. The van der Waals surface area contributed by atoms with Crippen molar-refractivity contribution in [1.82, 2.24) is 0 Å². The number of imide groups is 2. The number of allylic oxidation sites excluding steroid dienone is 3. The molecule has 0 aromatic heterocycles. The molecular weight excluding hydrogens is 608 g/mol. The van der Waals surface area contributed by atoms with Gasteiger partial charge in [-0.15, -0.1) is 0 Å². The summed E-state index contributed by atoms with van der Waals surface area (Å²) in [6.07, 6.45) is 8.06. The van der Waals surface area contributed by atoms with E-state index in [1.165, 1.54) is 24.0 Å². The van der Waals surface area contributed by atoms with Crippen LogP contribution in [-0.4, -0.2) is 43.0 Å². The van der Waals surface area contributed by atoms with Gasteiger partial charge in [0.05, 0.1) is 48.8 Å². The number of ether oxygens (including phenoxy) is 2. The van der Waals surface area contributed by atoms with Crippen LogP contribution in [-0.2, 0) is 19.2 Å². The van der Waals surface area contributed by atoms with E-state index >= 15 is 0 Å². The number of carbonyl (C=O) groups is 4. The third-order valence-corrected chi connectivity index (χ3v) is 10.7. The molecule has 4 aliphatic rings. The third kappa shape index (κ3) is 4.52. The number of anilines is 2. The molecular formula is C39H36N2O7. The average molecular weight is 645 g/mol. The lowest BCUT2D eigenvalue weighted by molar-refractivity contribution is -0.132. The van der Waals surface area contributed by atoms with Crippen molar-refractivity contribution in [1.29, 1.82) is 0 Å². The second-order valence-electron chi connectivity index (χ2n) is 13.0. The van der Waals surface area contributed by atoms with E-state index in [1.807, 2.05) is 43.4 Å². The molecule has 0 bridgehead atoms. The Morgan fingerprint density at radius 3 is 2.10 bits per heavy atom. The van der Waals surface area contributed by atoms with Crippen LogP contribution < -0.4 is 19.3 Å². The summed E-state index contributed by atoms with van der Waals surface area (Å²) < 4.78 is 10.7. The number of carbonyl (C=O) groups excluding carboxylic acids is 4. The molecule has 0 radical (unpaired) electrons. The summed E-state index contributed by atoms with van der Waals surface area (Å²) in [5, 5.41) is 10.5. The number of methoxy groups -OCH3 is 2. The number of hydrogen-bond acceptors (Lipinski definition) is 7. The zero-order chi connectivity index (χ0) is 33.9. The summed E-state index contributed by atoms with van der Waals surface area (Å²) in [6, 6.07) is 19.3. The molecule has 2 heterocycles. The van der Waals surface area contributed by atoms with Gasteiger partial charge in [-0.05, 0) is 73.2 Å². The Morgan fingerprint density at radius 2 is 1.48 bits per heavy atom. The third-order valence-electron chi connectivity index (χ3n) is 10.7. The molecule has 7 rings (SSSR count). The van der Waals surface area contributed by atoms with Crippen LogP contribution >= 0.6 is 0 Å². The first-order chi connectivity index (χ1) is 23.1. The summed E-state index contributed by atoms with van der Waals surface area (Å²) in [5.41, 5.74) is 2.24. The molecule has 1 saturated carbocycles. The number of hydrogen-bond donors (Lipinski definition) is 1. The summed E-state index contributed by atoms with van der Waals surface area (Å²) in [5.74, 6) is -3.81. The Kier molecular flexibility index (Phi) is 7.58. The van der Waals surface area contributed by atoms with Crippen molar-refractivity contribution in [3.05, 3.63) is 102 Å². The Hall–Kier alpha value is -5.44. The van der Waals surface area contributed by atoms with Crippen LogP contribution in [0, 0.1) is 35.0 Å². The highest BCUT2D eigenvalue weighted by Crippen LogP contribution is 2.61. The minimum absolute atomic E-state index is 0.133. The van der Waals surface area contributed by atoms with Gasteiger partial charge in [-0.1, -0.05) is 66.8 Å². The second kappa shape index (κ2) is 11.7. The van der Waals surface area contributed by atoms with Gasteiger partial charge in [-0.2, -0.15) is 0 Å². The number of benzene rings is 3. The fraction of sp³-hybridized carbons (Fsp3) is 0.282. The molecule has 1 N–H and O–H groups in total. The number of para-hydroxylation sites is 1. The zero-order valence-electron chi connectivity index (χ0n) is 27.0. The van der Waals surface area contributed by atoms with Crippen LogP contribution in [0.25, 0.3) is 12.2 Å². The van der Waals surface area contributed by atoms with Crippen LogP contribution in [0.3, 0.4) is 0 Å². The normalized spacial score (nSPS) is 27.9. The predicted octanol–water partition coefficient (Wildman–Crippen LogP) is 6.03. The highest BCUT2D eigenvalue weighted by molar-refractivity contribution is 6.25. The molecule has 2 aliphatic heterocycles. The predicted molar refractivity (Wildman–Crippen MR) is 181 cm³/mol. The standard InChI is InChI=1S/C39H36N2O7/c1-5-22-11-14-25(15-12-22)40-35(43)27-17-16-26-28(33(27)37(40)45)21-30-36(44)41(24-9-7-6-8-10-24)38(46)39(30,2)29(26)18-13-23-19-31(47-3)34(42)32(20-23)48-4/h5-16,18-20,27-30,33,42H,1,17,21H2,2-4H3. The molecule has 2 aliphatic carbocycles. The number of phenolic OH excluding ortho intramolecular Hbond substituents is 1. The Bertz CT molecular complexity index is 1890. The van der Waals surface area contributed by atoms with Gasteiger partial charge in [0, 0.05) is 5.92 Å². The summed E-state index contributed by atoms with van der Waals surface area (Å²) in [4.78, 5) is 59.4. The van der Waals surface area contributed by atoms with Crippen molar-refractivity contribution in [2.45, 2.75) is 19.8 Å². The molecule has 6 atom stereocenters. The second-order valence-corrected chi connectivity index (χ2v) is 13.0. The lowest BCUT2D eigenvalue weighted by Gasteiger charge is -2.47. The maximum atomic E-state index is 14.5. The van der Waals surface area contributed by atoms with Crippen LogP contribution in [0.5, 0.6) is 17.2 Å². The Balaban J connectivity index is 1.33. The van der Waals surface area contributed by atoms with E-state index in [2.05, 4.69) is 6.58 Å². The Labute approximate surface area is 278 Å². The number of phenols is 1. The van der Waals surface area contributed by atoms with Crippen molar-refractivity contribution in [3.8, 4) is 17.2 Å². The average Bonchev–Trinajstić information content (AvgIpc) is 3.48. The smallest absolute Gasteiger partial charge is 0.241 e. The highest BCUT2D eigenvalue weighted by Gasteiger charge is 2.66. The van der Waals surface area contributed by atoms with Crippen molar-refractivity contribution in [2.75, 3.05) is 24.0 Å². The van der Waals surface area contributed by atoms with Gasteiger partial charge in [-0.25, -0.2) is 4.90 Å². The quantitative estimate of drug-likeness (QED) is 0.247. The van der Waals surface area contributed by atoms with Gasteiger partial charge in [0.25, 0.3) is 0 Å². The Morgan fingerprint density at radius 1 is 0.833 bits per heavy atom. The van der Waals surface area contributed by atoms with E-state index < -0.39 is 35.0 Å².